The molecule has 2 aromatic heterocycles. The van der Waals surface area contributed by atoms with Gasteiger partial charge in [-0.1, -0.05) is 16.8 Å². The number of Topliss-reactive ketones (excluding diaryl/α,β-unsaturated/α-hetero) is 1. The topological polar surface area (TPSA) is 264 Å². The van der Waals surface area contributed by atoms with Gasteiger partial charge in [0.15, 0.2) is 33.7 Å². The van der Waals surface area contributed by atoms with Gasteiger partial charge in [0.1, 0.15) is 6.54 Å². The van der Waals surface area contributed by atoms with Crippen LogP contribution in [0.5, 0.6) is 11.5 Å². The number of aromatic hydroxyl groups is 2. The maximum absolute atomic E-state index is 13.8. The van der Waals surface area contributed by atoms with E-state index >= 15 is 0 Å². The number of carbonyl (C=O) groups excluding carboxylic acids is 4. The zero-order valence-corrected chi connectivity index (χ0v) is 34.3. The van der Waals surface area contributed by atoms with Crippen molar-refractivity contribution in [3.63, 3.8) is 0 Å². The van der Waals surface area contributed by atoms with Crippen molar-refractivity contribution < 1.29 is 73.4 Å². The number of tetrazole rings is 1. The van der Waals surface area contributed by atoms with Gasteiger partial charge in [-0.25, -0.2) is 0 Å². The minimum absolute atomic E-state index is 0. The van der Waals surface area contributed by atoms with E-state index in [1.54, 1.807) is 9.80 Å². The van der Waals surface area contributed by atoms with Gasteiger partial charge in [-0.2, -0.15) is 14.6 Å². The molecule has 2 amide bonds. The second kappa shape index (κ2) is 16.1. The van der Waals surface area contributed by atoms with Crippen molar-refractivity contribution in [2.75, 3.05) is 45.2 Å². The molecule has 4 N–H and O–H groups in total. The Morgan fingerprint density at radius 1 is 1.22 bits per heavy atom. The molecular formula is C31H35ClN11NaO8S2. The third-order valence-electron chi connectivity index (χ3n) is 9.53. The molecule has 54 heavy (non-hydrogen) atoms. The first-order chi connectivity index (χ1) is 25.0. The molecule has 3 aromatic rings. The number of halogens is 1. The molecule has 3 aliphatic heterocycles. The van der Waals surface area contributed by atoms with Gasteiger partial charge in [-0.3, -0.25) is 29.6 Å². The molecule has 282 valence electrons. The molecule has 2 atom stereocenters. The SMILES string of the molecule is CC(C)(O/N=C(\C(=O)C[C@@H]1C(=O)N2C(c3nnn[n-]3)=C(C[N+](C)(C)C3CCN(C(=O)c4ccc(O)c(O)c4Cl)CC3)CS[C@H]12)c1nsc(N)n1)C(=O)[O-].[Na+]. The number of benzene rings is 1. The maximum atomic E-state index is 13.8. The number of hydrogen-bond donors (Lipinski definition) is 3. The second-order valence-electron chi connectivity index (χ2n) is 13.8. The van der Waals surface area contributed by atoms with Crippen LogP contribution in [0, 0.1) is 5.92 Å². The number of nitrogen functional groups attached to an aromatic ring is 1. The van der Waals surface area contributed by atoms with E-state index in [-0.39, 0.29) is 86.9 Å². The number of hydrogen-bond acceptors (Lipinski definition) is 17. The summed E-state index contributed by atoms with van der Waals surface area (Å²) in [5.74, 6) is -4.12. The average Bonchev–Trinajstić information content (AvgIpc) is 3.81. The Kier molecular flexibility index (Phi) is 12.3. The van der Waals surface area contributed by atoms with Gasteiger partial charge in [0.05, 0.1) is 59.5 Å². The molecule has 0 spiro atoms. The minimum atomic E-state index is -1.87. The first-order valence-electron chi connectivity index (χ1n) is 16.3. The van der Waals surface area contributed by atoms with Crippen LogP contribution in [0.4, 0.5) is 5.13 Å². The number of ketones is 1. The molecule has 0 bridgehead atoms. The smallest absolute Gasteiger partial charge is 0.546 e. The molecule has 0 saturated carbocycles. The number of phenols is 2. The minimum Gasteiger partial charge on any atom is -0.546 e. The van der Waals surface area contributed by atoms with Crippen LogP contribution < -0.4 is 45.5 Å². The van der Waals surface area contributed by atoms with Crippen LogP contribution in [0.1, 0.15) is 55.1 Å². The van der Waals surface area contributed by atoms with Crippen molar-refractivity contribution in [3.8, 4) is 11.5 Å². The van der Waals surface area contributed by atoms with Gasteiger partial charge >= 0.3 is 29.6 Å². The number of oxime groups is 1. The van der Waals surface area contributed by atoms with E-state index in [4.69, 9.17) is 22.2 Å². The summed E-state index contributed by atoms with van der Waals surface area (Å²) in [5, 5.41) is 49.8. The fraction of sp³-hybridized carbons (Fsp3) is 0.484. The number of carboxylic acids is 1. The van der Waals surface area contributed by atoms with Crippen LogP contribution in [0.3, 0.4) is 0 Å². The molecule has 0 aliphatic carbocycles. The van der Waals surface area contributed by atoms with E-state index in [2.05, 4.69) is 49.2 Å². The molecule has 23 heteroatoms. The van der Waals surface area contributed by atoms with Gasteiger partial charge in [0, 0.05) is 55.2 Å². The Morgan fingerprint density at radius 2 is 1.93 bits per heavy atom. The number of nitrogens with zero attached hydrogens (tertiary/aromatic N) is 10. The number of aromatic nitrogens is 6. The van der Waals surface area contributed by atoms with Crippen molar-refractivity contribution in [1.29, 1.82) is 0 Å². The third-order valence-corrected chi connectivity index (χ3v) is 11.9. The largest absolute Gasteiger partial charge is 1.00 e. The first-order valence-corrected chi connectivity index (χ1v) is 18.5. The van der Waals surface area contributed by atoms with E-state index in [9.17, 15) is 34.5 Å². The maximum Gasteiger partial charge on any atom is 1.00 e. The van der Waals surface area contributed by atoms with Crippen molar-refractivity contribution in [1.82, 2.24) is 39.8 Å². The van der Waals surface area contributed by atoms with Crippen LogP contribution in [0.2, 0.25) is 5.02 Å². The molecule has 2 saturated heterocycles. The van der Waals surface area contributed by atoms with Crippen molar-refractivity contribution in [2.24, 2.45) is 11.1 Å². The molecule has 1 aromatic carbocycles. The van der Waals surface area contributed by atoms with Gasteiger partial charge in [0.25, 0.3) is 5.91 Å². The standard InChI is InChI=1S/C31H36ClN11O8S2.Na/c1-31(2,29(49)50)51-37-21(24-34-30(33)53-38-24)19(45)11-17-27(48)42-22(25-35-39-40-36-25)14(13-52-28(17)42)12-43(3,4)15-7-9-41(10-8-15)26(47)16-5-6-18(44)23(46)20(16)32;/h5-6,15,17,28H,7-13H2,1-4H3,(H5-,33,34,35,36,37,38,39,40,44,45,46,47,49,50);/q;+1/p-1/t17-,28-;/m1./s1. The number of nitrogens with two attached hydrogens (primary N) is 1. The van der Waals surface area contributed by atoms with Crippen molar-refractivity contribution in [2.45, 2.75) is 50.1 Å². The number of piperidine rings is 1. The van der Waals surface area contributed by atoms with Gasteiger partial charge in [0.2, 0.25) is 11.7 Å². The van der Waals surface area contributed by atoms with Crippen LogP contribution in [-0.4, -0.2) is 135 Å². The van der Waals surface area contributed by atoms with Gasteiger partial charge < -0.3 is 45.2 Å². The Labute approximate surface area is 344 Å². The number of thioether (sulfide) groups is 1. The normalized spacial score (nSPS) is 19.6. The van der Waals surface area contributed by atoms with Gasteiger partial charge in [-0.15, -0.1) is 11.8 Å². The molecule has 2 fully saturated rings. The van der Waals surface area contributed by atoms with E-state index in [1.165, 1.54) is 37.7 Å². The monoisotopic (exact) mass is 811 g/mol. The van der Waals surface area contributed by atoms with Gasteiger partial charge in [-0.05, 0) is 26.0 Å². The first kappa shape index (κ1) is 41.3. The van der Waals surface area contributed by atoms with Crippen LogP contribution in [-0.2, 0) is 19.2 Å². The summed E-state index contributed by atoms with van der Waals surface area (Å²) in [7, 11) is 4.15. The Balaban J connectivity index is 0.00000561. The Morgan fingerprint density at radius 3 is 2.54 bits per heavy atom. The number of amides is 2. The summed E-state index contributed by atoms with van der Waals surface area (Å²) in [6.45, 7) is 3.80. The summed E-state index contributed by atoms with van der Waals surface area (Å²) < 4.78 is 4.55. The molecule has 5 heterocycles. The number of quaternary nitrogens is 1. The van der Waals surface area contributed by atoms with Crippen molar-refractivity contribution in [3.05, 3.63) is 39.9 Å². The van der Waals surface area contributed by atoms with Crippen LogP contribution >= 0.6 is 34.9 Å². The third kappa shape index (κ3) is 8.07. The quantitative estimate of drug-likeness (QED) is 0.0408. The number of phenolic OH excluding ortho intramolecular Hbond substituents is 2. The number of carboxylic acid groups (broad SMARTS) is 1. The number of fused-ring (bicyclic) bond motifs is 1. The second-order valence-corrected chi connectivity index (χ2v) is 16.1. The molecule has 19 nitrogen and oxygen atoms in total. The van der Waals surface area contributed by atoms with E-state index in [0.717, 1.165) is 17.1 Å². The number of carbonyl (C=O) groups is 4. The summed E-state index contributed by atoms with van der Waals surface area (Å²) in [6.07, 6.45) is 1.03. The fourth-order valence-corrected chi connectivity index (χ4v) is 8.59. The summed E-state index contributed by atoms with van der Waals surface area (Å²) >= 11 is 8.45. The number of anilines is 1. The van der Waals surface area contributed by atoms with E-state index < -0.39 is 40.1 Å². The number of likely N-dealkylation sites (N-methyl/N-ethyl adjacent to an activating group) is 1. The number of likely N-dealkylation sites (tertiary alicyclic amines) is 1. The number of rotatable bonds is 12. The molecule has 3 aliphatic rings. The summed E-state index contributed by atoms with van der Waals surface area (Å²) in [6, 6.07) is 2.74. The zero-order chi connectivity index (χ0) is 38.4. The Bertz CT molecular complexity index is 2020. The predicted molar refractivity (Wildman–Crippen MR) is 188 cm³/mol. The summed E-state index contributed by atoms with van der Waals surface area (Å²) in [5.41, 5.74) is 4.94. The average molecular weight is 812 g/mol. The molecular weight excluding hydrogens is 777 g/mol. The molecule has 0 unspecified atom stereocenters. The molecule has 6 rings (SSSR count). The van der Waals surface area contributed by atoms with E-state index in [0.29, 0.717) is 48.4 Å². The van der Waals surface area contributed by atoms with Crippen LogP contribution in [0.25, 0.3) is 5.70 Å². The fourth-order valence-electron chi connectivity index (χ4n) is 6.51. The Hall–Kier alpha value is -3.86. The number of aliphatic carboxylic acids is 1. The molecule has 0 radical (unpaired) electrons. The number of β-lactam (4-membered cyclic amide) rings is 1. The summed E-state index contributed by atoms with van der Waals surface area (Å²) in [4.78, 5) is 64.5. The predicted octanol–water partition coefficient (Wildman–Crippen LogP) is -3.14. The van der Waals surface area contributed by atoms with E-state index in [1.807, 2.05) is 0 Å². The van der Waals surface area contributed by atoms with Crippen molar-refractivity contribution >= 4 is 75.0 Å². The zero-order valence-electron chi connectivity index (χ0n) is 29.9. The van der Waals surface area contributed by atoms with Crippen LogP contribution in [0.15, 0.2) is 22.9 Å².